The van der Waals surface area contributed by atoms with Crippen molar-refractivity contribution in [2.45, 2.75) is 63.4 Å². The number of ketones is 2. The van der Waals surface area contributed by atoms with Crippen LogP contribution in [0.4, 0.5) is 0 Å². The fraction of sp³-hybridized carbons (Fsp3) is 0.481. The maximum Gasteiger partial charge on any atom is 0.244 e. The molecule has 2 amide bonds. The number of aliphatic hydroxyl groups is 4. The molecule has 11 nitrogen and oxygen atoms in total. The standard InChI is InChI=1S/C27H32N2O9/c1-10-16-11(6-8-15(32)29-26(2,3)4)5-7-13(30)18(16)22(34)20-17(10)21(33)12-9-14(31)19(25(28)37)23(35)27(12,38)24(20)36/h5-8,10,12,14,17,19,21,30-31,33,36,38H,9H2,1-4H3,(H2,28,37)(H,29,32)/b8-6+/t10-,12+,14?,17+,19?,21+,27+/m0/s1. The van der Waals surface area contributed by atoms with Crippen molar-refractivity contribution in [3.8, 4) is 5.75 Å². The van der Waals surface area contributed by atoms with E-state index >= 15 is 0 Å². The Hall–Kier alpha value is -3.54. The summed E-state index contributed by atoms with van der Waals surface area (Å²) >= 11 is 0. The number of hydrogen-bond acceptors (Lipinski definition) is 9. The van der Waals surface area contributed by atoms with Crippen molar-refractivity contribution in [1.29, 1.82) is 0 Å². The molecule has 1 saturated carbocycles. The van der Waals surface area contributed by atoms with Gasteiger partial charge in [-0.1, -0.05) is 13.0 Å². The summed E-state index contributed by atoms with van der Waals surface area (Å²) in [5, 5.41) is 57.8. The van der Waals surface area contributed by atoms with E-state index in [0.717, 1.165) is 0 Å². The lowest BCUT2D eigenvalue weighted by molar-refractivity contribution is -0.179. The van der Waals surface area contributed by atoms with Crippen LogP contribution >= 0.6 is 0 Å². The van der Waals surface area contributed by atoms with E-state index < -0.39 is 93.9 Å². The summed E-state index contributed by atoms with van der Waals surface area (Å²) < 4.78 is 0. The molecular formula is C27H32N2O9. The third-order valence-electron chi connectivity index (χ3n) is 7.75. The maximum atomic E-state index is 13.7. The number of benzene rings is 1. The number of aromatic hydroxyl groups is 1. The second-order valence-electron chi connectivity index (χ2n) is 11.4. The van der Waals surface area contributed by atoms with Gasteiger partial charge in [0, 0.05) is 29.0 Å². The largest absolute Gasteiger partial charge is 0.508 e. The minimum Gasteiger partial charge on any atom is -0.508 e. The first-order valence-electron chi connectivity index (χ1n) is 12.3. The number of hydrogen-bond donors (Lipinski definition) is 7. The monoisotopic (exact) mass is 528 g/mol. The Kier molecular flexibility index (Phi) is 6.54. The Morgan fingerprint density at radius 1 is 1.16 bits per heavy atom. The van der Waals surface area contributed by atoms with E-state index in [1.54, 1.807) is 6.92 Å². The summed E-state index contributed by atoms with van der Waals surface area (Å²) in [7, 11) is 0. The summed E-state index contributed by atoms with van der Waals surface area (Å²) in [6, 6.07) is 2.75. The van der Waals surface area contributed by atoms with Crippen LogP contribution in [0.25, 0.3) is 6.08 Å². The van der Waals surface area contributed by atoms with Crippen LogP contribution in [0.1, 0.15) is 61.5 Å². The summed E-state index contributed by atoms with van der Waals surface area (Å²) in [5.41, 5.74) is 1.95. The lowest BCUT2D eigenvalue weighted by atomic mass is 9.54. The Labute approximate surface area is 218 Å². The Morgan fingerprint density at radius 2 is 1.79 bits per heavy atom. The molecule has 0 aliphatic heterocycles. The Balaban J connectivity index is 1.88. The molecule has 8 N–H and O–H groups in total. The smallest absolute Gasteiger partial charge is 0.244 e. The summed E-state index contributed by atoms with van der Waals surface area (Å²) in [6.45, 7) is 7.07. The molecule has 3 aliphatic carbocycles. The third-order valence-corrected chi connectivity index (χ3v) is 7.75. The van der Waals surface area contributed by atoms with Crippen molar-refractivity contribution in [3.05, 3.63) is 46.2 Å². The van der Waals surface area contributed by atoms with Gasteiger partial charge in [0.05, 0.1) is 17.8 Å². The van der Waals surface area contributed by atoms with Crippen molar-refractivity contribution in [3.63, 3.8) is 0 Å². The van der Waals surface area contributed by atoms with Gasteiger partial charge >= 0.3 is 0 Å². The molecule has 0 saturated heterocycles. The lowest BCUT2D eigenvalue weighted by Crippen LogP contribution is -2.67. The average molecular weight is 529 g/mol. The molecule has 4 rings (SSSR count). The third kappa shape index (κ3) is 4.01. The number of nitrogens with two attached hydrogens (primary N) is 1. The Morgan fingerprint density at radius 3 is 2.37 bits per heavy atom. The number of carbonyl (C=O) groups excluding carboxylic acids is 4. The summed E-state index contributed by atoms with van der Waals surface area (Å²) in [5.74, 6) is -10.5. The number of nitrogens with one attached hydrogen (secondary N) is 1. The van der Waals surface area contributed by atoms with Gasteiger partial charge in [0.1, 0.15) is 17.4 Å². The molecule has 38 heavy (non-hydrogen) atoms. The molecule has 0 aromatic heterocycles. The number of amides is 2. The van der Waals surface area contributed by atoms with Gasteiger partial charge in [-0.2, -0.15) is 0 Å². The highest BCUT2D eigenvalue weighted by Gasteiger charge is 2.66. The van der Waals surface area contributed by atoms with Crippen molar-refractivity contribution < 1.29 is 44.7 Å². The van der Waals surface area contributed by atoms with Gasteiger partial charge < -0.3 is 36.6 Å². The average Bonchev–Trinajstić information content (AvgIpc) is 2.79. The molecule has 1 fully saturated rings. The van der Waals surface area contributed by atoms with Crippen molar-refractivity contribution in [2.75, 3.05) is 0 Å². The predicted molar refractivity (Wildman–Crippen MR) is 134 cm³/mol. The van der Waals surface area contributed by atoms with Crippen molar-refractivity contribution >= 4 is 29.5 Å². The normalized spacial score (nSPS) is 33.0. The molecule has 204 valence electrons. The quantitative estimate of drug-likeness (QED) is 0.211. The van der Waals surface area contributed by atoms with E-state index in [-0.39, 0.29) is 5.56 Å². The van der Waals surface area contributed by atoms with Crippen LogP contribution in [-0.2, 0) is 14.4 Å². The second-order valence-corrected chi connectivity index (χ2v) is 11.4. The van der Waals surface area contributed by atoms with Gasteiger partial charge in [-0.05, 0) is 56.4 Å². The van der Waals surface area contributed by atoms with Gasteiger partial charge in [-0.25, -0.2) is 0 Å². The topological polar surface area (TPSA) is 207 Å². The van der Waals surface area contributed by atoms with E-state index in [0.29, 0.717) is 11.1 Å². The van der Waals surface area contributed by atoms with Crippen molar-refractivity contribution in [1.82, 2.24) is 5.32 Å². The molecule has 3 aliphatic rings. The van der Waals surface area contributed by atoms with Crippen LogP contribution in [-0.4, -0.2) is 72.3 Å². The molecule has 0 spiro atoms. The number of carbonyl (C=O) groups is 4. The van der Waals surface area contributed by atoms with Gasteiger partial charge in [0.15, 0.2) is 17.2 Å². The molecule has 0 bridgehead atoms. The number of fused-ring (bicyclic) bond motifs is 3. The molecule has 1 aromatic rings. The molecule has 7 atom stereocenters. The zero-order chi connectivity index (χ0) is 28.5. The molecule has 1 aromatic carbocycles. The van der Waals surface area contributed by atoms with Crippen LogP contribution < -0.4 is 11.1 Å². The first kappa shape index (κ1) is 27.5. The Bertz CT molecular complexity index is 1310. The zero-order valence-corrected chi connectivity index (χ0v) is 21.4. The van der Waals surface area contributed by atoms with Gasteiger partial charge in [0.25, 0.3) is 0 Å². The van der Waals surface area contributed by atoms with E-state index in [9.17, 15) is 44.7 Å². The van der Waals surface area contributed by atoms with Gasteiger partial charge in [-0.3, -0.25) is 19.2 Å². The molecule has 0 heterocycles. The highest BCUT2D eigenvalue weighted by molar-refractivity contribution is 6.16. The van der Waals surface area contributed by atoms with E-state index in [1.165, 1.54) is 24.3 Å². The number of aliphatic hydroxyl groups excluding tert-OH is 3. The molecule has 2 unspecified atom stereocenters. The number of rotatable bonds is 3. The number of primary amides is 1. The fourth-order valence-electron chi connectivity index (χ4n) is 6.14. The van der Waals surface area contributed by atoms with E-state index in [1.807, 2.05) is 20.8 Å². The van der Waals surface area contributed by atoms with E-state index in [4.69, 9.17) is 5.73 Å². The van der Waals surface area contributed by atoms with Crippen LogP contribution in [0.2, 0.25) is 0 Å². The van der Waals surface area contributed by atoms with Gasteiger partial charge in [0.2, 0.25) is 11.8 Å². The van der Waals surface area contributed by atoms with Crippen LogP contribution in [0, 0.1) is 17.8 Å². The van der Waals surface area contributed by atoms with E-state index in [2.05, 4.69) is 5.32 Å². The first-order chi connectivity index (χ1) is 17.5. The highest BCUT2D eigenvalue weighted by Crippen LogP contribution is 2.55. The van der Waals surface area contributed by atoms with Crippen LogP contribution in [0.15, 0.2) is 29.5 Å². The summed E-state index contributed by atoms with van der Waals surface area (Å²) in [4.78, 5) is 51.0. The number of phenolic OH excluding ortho intramolecular Hbond substituents is 1. The minimum absolute atomic E-state index is 0.210. The minimum atomic E-state index is -2.84. The number of Topliss-reactive ketones (excluding diaryl/α,β-unsaturated/α-hetero) is 2. The van der Waals surface area contributed by atoms with Crippen LogP contribution in [0.5, 0.6) is 5.75 Å². The van der Waals surface area contributed by atoms with Crippen molar-refractivity contribution in [2.24, 2.45) is 23.5 Å². The first-order valence-corrected chi connectivity index (χ1v) is 12.3. The van der Waals surface area contributed by atoms with Gasteiger partial charge in [-0.15, -0.1) is 0 Å². The predicted octanol–water partition coefficient (Wildman–Crippen LogP) is 0.205. The SMILES string of the molecule is C[C@H]1c2c(/C=C/C(=O)NC(C)(C)C)ccc(O)c2C(=O)C2=C(O)[C@]3(O)C(=O)C(C(N)=O)C(O)C[C@@H]3[C@@H](O)[C@@H]21. The maximum absolute atomic E-state index is 13.7. The van der Waals surface area contributed by atoms with Crippen LogP contribution in [0.3, 0.4) is 0 Å². The molecular weight excluding hydrogens is 496 g/mol. The molecule has 0 radical (unpaired) electrons. The number of phenols is 1. The summed E-state index contributed by atoms with van der Waals surface area (Å²) in [6.07, 6.45) is -0.921. The second kappa shape index (κ2) is 9.04. The molecule has 11 heteroatoms. The zero-order valence-electron chi connectivity index (χ0n) is 21.4. The fourth-order valence-corrected chi connectivity index (χ4v) is 6.14. The lowest BCUT2D eigenvalue weighted by Gasteiger charge is -2.52. The highest BCUT2D eigenvalue weighted by atomic mass is 16.4.